The fraction of sp³-hybridized carbons (Fsp3) is 0.300. The Labute approximate surface area is 157 Å². The zero-order valence-corrected chi connectivity index (χ0v) is 15.1. The second-order valence-electron chi connectivity index (χ2n) is 6.66. The molecule has 1 saturated heterocycles. The molecule has 27 heavy (non-hydrogen) atoms. The lowest BCUT2D eigenvalue weighted by Gasteiger charge is -2.15. The molecule has 0 aliphatic carbocycles. The number of aromatic amines is 1. The van der Waals surface area contributed by atoms with E-state index in [1.165, 1.54) is 0 Å². The van der Waals surface area contributed by atoms with Crippen LogP contribution in [0.2, 0.25) is 0 Å². The number of likely N-dealkylation sites (tertiary alicyclic amines) is 1. The molecule has 4 rings (SSSR count). The van der Waals surface area contributed by atoms with Gasteiger partial charge in [-0.3, -0.25) is 14.9 Å². The number of aromatic nitrogens is 4. The third kappa shape index (κ3) is 3.59. The topological polar surface area (TPSA) is 84.0 Å². The van der Waals surface area contributed by atoms with E-state index in [4.69, 9.17) is 4.74 Å². The van der Waals surface area contributed by atoms with E-state index in [0.29, 0.717) is 31.2 Å². The van der Waals surface area contributed by atoms with Crippen LogP contribution in [0.25, 0.3) is 11.4 Å². The van der Waals surface area contributed by atoms with E-state index >= 15 is 0 Å². The summed E-state index contributed by atoms with van der Waals surface area (Å²) in [6.07, 6.45) is 1.63. The van der Waals surface area contributed by atoms with Crippen LogP contribution in [0, 0.1) is 5.92 Å². The van der Waals surface area contributed by atoms with Crippen molar-refractivity contribution >= 4 is 5.91 Å². The average molecular weight is 363 g/mol. The van der Waals surface area contributed by atoms with Crippen molar-refractivity contribution in [1.82, 2.24) is 25.1 Å². The smallest absolute Gasteiger partial charge is 0.272 e. The molecule has 0 radical (unpaired) electrons. The Morgan fingerprint density at radius 2 is 2.00 bits per heavy atom. The normalized spacial score (nSPS) is 19.4. The third-order valence-corrected chi connectivity index (χ3v) is 4.88. The van der Waals surface area contributed by atoms with Gasteiger partial charge in [-0.1, -0.05) is 36.4 Å². The molecule has 1 aliphatic rings. The van der Waals surface area contributed by atoms with Gasteiger partial charge in [0.2, 0.25) is 0 Å². The molecule has 0 bridgehead atoms. The minimum absolute atomic E-state index is 0.0441. The molecule has 1 fully saturated rings. The van der Waals surface area contributed by atoms with Gasteiger partial charge in [-0.2, -0.15) is 5.10 Å². The fourth-order valence-corrected chi connectivity index (χ4v) is 3.54. The van der Waals surface area contributed by atoms with Crippen molar-refractivity contribution in [3.63, 3.8) is 0 Å². The molecule has 0 unspecified atom stereocenters. The van der Waals surface area contributed by atoms with Crippen LogP contribution in [0.15, 0.2) is 54.7 Å². The van der Waals surface area contributed by atoms with Gasteiger partial charge in [-0.25, -0.2) is 4.98 Å². The first kappa shape index (κ1) is 17.4. The van der Waals surface area contributed by atoms with E-state index in [-0.39, 0.29) is 17.7 Å². The monoisotopic (exact) mass is 363 g/mol. The van der Waals surface area contributed by atoms with Crippen molar-refractivity contribution in [1.29, 1.82) is 0 Å². The molecule has 1 N–H and O–H groups in total. The van der Waals surface area contributed by atoms with E-state index < -0.39 is 0 Å². The van der Waals surface area contributed by atoms with E-state index in [1.54, 1.807) is 25.4 Å². The first-order chi connectivity index (χ1) is 13.3. The van der Waals surface area contributed by atoms with Gasteiger partial charge >= 0.3 is 0 Å². The maximum absolute atomic E-state index is 12.8. The Morgan fingerprint density at radius 1 is 1.19 bits per heavy atom. The van der Waals surface area contributed by atoms with Gasteiger partial charge in [-0.15, -0.1) is 0 Å². The van der Waals surface area contributed by atoms with Crippen LogP contribution < -0.4 is 0 Å². The van der Waals surface area contributed by atoms with E-state index in [2.05, 4.69) is 20.2 Å². The first-order valence-electron chi connectivity index (χ1n) is 8.93. The highest BCUT2D eigenvalue weighted by Crippen LogP contribution is 2.32. The number of benzene rings is 1. The Kier molecular flexibility index (Phi) is 4.93. The first-order valence-corrected chi connectivity index (χ1v) is 8.93. The Bertz CT molecular complexity index is 897. The van der Waals surface area contributed by atoms with E-state index in [9.17, 15) is 4.79 Å². The average Bonchev–Trinajstić information content (AvgIpc) is 3.36. The number of hydrogen-bond donors (Lipinski definition) is 1. The van der Waals surface area contributed by atoms with Crippen LogP contribution in [0.5, 0.6) is 0 Å². The quantitative estimate of drug-likeness (QED) is 0.752. The Hall–Kier alpha value is -3.06. The summed E-state index contributed by atoms with van der Waals surface area (Å²) in [4.78, 5) is 23.5. The van der Waals surface area contributed by atoms with Crippen LogP contribution >= 0.6 is 0 Å². The lowest BCUT2D eigenvalue weighted by Crippen LogP contribution is -2.30. The third-order valence-electron chi connectivity index (χ3n) is 4.88. The van der Waals surface area contributed by atoms with Crippen molar-refractivity contribution in [2.24, 2.45) is 5.92 Å². The van der Waals surface area contributed by atoms with Gasteiger partial charge < -0.3 is 9.64 Å². The lowest BCUT2D eigenvalue weighted by molar-refractivity contribution is 0.0769. The minimum atomic E-state index is -0.0676. The number of nitrogens with zero attached hydrogens (tertiary/aromatic N) is 4. The summed E-state index contributed by atoms with van der Waals surface area (Å²) < 4.78 is 5.39. The molecule has 2 atom stereocenters. The molecule has 7 heteroatoms. The van der Waals surface area contributed by atoms with Gasteiger partial charge in [-0.05, 0) is 12.1 Å². The molecule has 138 valence electrons. The zero-order chi connectivity index (χ0) is 18.6. The van der Waals surface area contributed by atoms with Gasteiger partial charge in [0.25, 0.3) is 5.91 Å². The highest BCUT2D eigenvalue weighted by atomic mass is 16.5. The molecular formula is C20H21N5O2. The number of H-pyrrole nitrogens is 1. The van der Waals surface area contributed by atoms with Crippen LogP contribution in [0.3, 0.4) is 0 Å². The Balaban J connectivity index is 1.56. The summed E-state index contributed by atoms with van der Waals surface area (Å²) >= 11 is 0. The van der Waals surface area contributed by atoms with Crippen LogP contribution in [0.4, 0.5) is 0 Å². The van der Waals surface area contributed by atoms with E-state index in [0.717, 1.165) is 11.4 Å². The highest BCUT2D eigenvalue weighted by Gasteiger charge is 2.38. The van der Waals surface area contributed by atoms with Crippen LogP contribution in [0.1, 0.15) is 22.2 Å². The number of carbonyl (C=O) groups excluding carboxylic acids is 1. The lowest BCUT2D eigenvalue weighted by atomic mass is 9.96. The molecule has 0 saturated carbocycles. The van der Waals surface area contributed by atoms with Crippen molar-refractivity contribution in [3.05, 3.63) is 66.2 Å². The number of nitrogens with one attached hydrogen (secondary N) is 1. The second kappa shape index (κ2) is 7.67. The van der Waals surface area contributed by atoms with Crippen molar-refractivity contribution < 1.29 is 9.53 Å². The largest absolute Gasteiger partial charge is 0.384 e. The van der Waals surface area contributed by atoms with Gasteiger partial charge in [0.1, 0.15) is 11.5 Å². The number of hydrogen-bond acceptors (Lipinski definition) is 5. The molecule has 3 aromatic rings. The summed E-state index contributed by atoms with van der Waals surface area (Å²) in [6.45, 7) is 1.72. The zero-order valence-electron chi connectivity index (χ0n) is 15.1. The van der Waals surface area contributed by atoms with Crippen molar-refractivity contribution in [2.75, 3.05) is 26.8 Å². The minimum Gasteiger partial charge on any atom is -0.384 e. The molecular weight excluding hydrogens is 342 g/mol. The fourth-order valence-electron chi connectivity index (χ4n) is 3.54. The van der Waals surface area contributed by atoms with Gasteiger partial charge in [0.05, 0.1) is 6.61 Å². The number of rotatable bonds is 5. The van der Waals surface area contributed by atoms with Crippen molar-refractivity contribution in [2.45, 2.75) is 5.92 Å². The highest BCUT2D eigenvalue weighted by molar-refractivity contribution is 5.92. The molecule has 1 aromatic carbocycles. The SMILES string of the molecule is COC[C@@H]1CN(C(=O)c2ccccn2)C[C@H]1c1nc(-c2ccccc2)n[nH]1. The number of amides is 1. The summed E-state index contributed by atoms with van der Waals surface area (Å²) in [5.41, 5.74) is 1.42. The molecule has 7 nitrogen and oxygen atoms in total. The maximum Gasteiger partial charge on any atom is 0.272 e. The van der Waals surface area contributed by atoms with Gasteiger partial charge in [0, 0.05) is 43.8 Å². The summed E-state index contributed by atoms with van der Waals surface area (Å²) in [7, 11) is 1.68. The number of pyridine rings is 1. The summed E-state index contributed by atoms with van der Waals surface area (Å²) in [6, 6.07) is 15.2. The second-order valence-corrected chi connectivity index (χ2v) is 6.66. The standard InChI is InChI=1S/C20H21N5O2/c1-27-13-15-11-25(20(26)17-9-5-6-10-21-17)12-16(15)19-22-18(23-24-19)14-7-3-2-4-8-14/h2-10,15-16H,11-13H2,1H3,(H,22,23,24)/t15-,16+/m0/s1. The molecule has 1 aliphatic heterocycles. The summed E-state index contributed by atoms with van der Waals surface area (Å²) in [5, 5.41) is 7.42. The maximum atomic E-state index is 12.8. The summed E-state index contributed by atoms with van der Waals surface area (Å²) in [5.74, 6) is 1.58. The van der Waals surface area contributed by atoms with Gasteiger partial charge in [0.15, 0.2) is 5.82 Å². The van der Waals surface area contributed by atoms with Crippen LogP contribution in [-0.4, -0.2) is 57.8 Å². The van der Waals surface area contributed by atoms with E-state index in [1.807, 2.05) is 41.3 Å². The number of carbonyl (C=O) groups is 1. The Morgan fingerprint density at radius 3 is 2.74 bits per heavy atom. The predicted octanol–water partition coefficient (Wildman–Crippen LogP) is 2.37. The number of ether oxygens (including phenoxy) is 1. The van der Waals surface area contributed by atoms with Crippen molar-refractivity contribution in [3.8, 4) is 11.4 Å². The predicted molar refractivity (Wildman–Crippen MR) is 100 cm³/mol. The number of methoxy groups -OCH3 is 1. The molecule has 2 aromatic heterocycles. The van der Waals surface area contributed by atoms with Crippen LogP contribution in [-0.2, 0) is 4.74 Å². The molecule has 3 heterocycles. The molecule has 0 spiro atoms. The molecule has 1 amide bonds.